The van der Waals surface area contributed by atoms with Gasteiger partial charge in [-0.15, -0.1) is 0 Å². The molecule has 1 aliphatic heterocycles. The van der Waals surface area contributed by atoms with Crippen molar-refractivity contribution in [3.05, 3.63) is 64.4 Å². The van der Waals surface area contributed by atoms with Gasteiger partial charge in [0.2, 0.25) is 5.78 Å². The molecule has 128 valence electrons. The van der Waals surface area contributed by atoms with Gasteiger partial charge in [-0.05, 0) is 62.2 Å². The molecule has 2 aromatic carbocycles. The summed E-state index contributed by atoms with van der Waals surface area (Å²) in [6.45, 7) is 5.43. The first-order chi connectivity index (χ1) is 11.9. The maximum Gasteiger partial charge on any atom is 0.343 e. The Kier molecular flexibility index (Phi) is 4.31. The minimum atomic E-state index is -0.492. The molecule has 0 N–H and O–H groups in total. The summed E-state index contributed by atoms with van der Waals surface area (Å²) in [7, 11) is 1.56. The zero-order chi connectivity index (χ0) is 18.1. The van der Waals surface area contributed by atoms with E-state index < -0.39 is 5.97 Å². The van der Waals surface area contributed by atoms with Crippen LogP contribution in [0.15, 0.2) is 47.7 Å². The van der Waals surface area contributed by atoms with Crippen molar-refractivity contribution in [1.82, 2.24) is 0 Å². The highest BCUT2D eigenvalue weighted by Gasteiger charge is 2.31. The summed E-state index contributed by atoms with van der Waals surface area (Å²) in [5, 5.41) is 0. The number of rotatable bonds is 3. The third-order valence-corrected chi connectivity index (χ3v) is 3.91. The van der Waals surface area contributed by atoms with Crippen molar-refractivity contribution < 1.29 is 23.8 Å². The lowest BCUT2D eigenvalue weighted by Crippen LogP contribution is -2.08. The summed E-state index contributed by atoms with van der Waals surface area (Å²) in [5.74, 6) is 1.11. The number of Topliss-reactive ketones (excluding diaryl/α,β-unsaturated/α-hetero) is 1. The highest BCUT2D eigenvalue weighted by molar-refractivity contribution is 6.13. The van der Waals surface area contributed by atoms with E-state index in [4.69, 9.17) is 14.2 Å². The molecule has 0 saturated heterocycles. The van der Waals surface area contributed by atoms with Crippen molar-refractivity contribution in [2.75, 3.05) is 7.11 Å². The Morgan fingerprint density at radius 1 is 1.04 bits per heavy atom. The molecule has 0 aliphatic carbocycles. The molecule has 1 heterocycles. The quantitative estimate of drug-likeness (QED) is 0.479. The van der Waals surface area contributed by atoms with Gasteiger partial charge in [0.25, 0.3) is 0 Å². The van der Waals surface area contributed by atoms with Crippen LogP contribution in [0.4, 0.5) is 0 Å². The fraction of sp³-hybridized carbons (Fsp3) is 0.200. The summed E-state index contributed by atoms with van der Waals surface area (Å²) in [5.41, 5.74) is 2.43. The zero-order valence-electron chi connectivity index (χ0n) is 14.5. The second-order valence-electron chi connectivity index (χ2n) is 5.99. The van der Waals surface area contributed by atoms with Crippen molar-refractivity contribution in [1.29, 1.82) is 0 Å². The number of methoxy groups -OCH3 is 1. The predicted octanol–water partition coefficient (Wildman–Crippen LogP) is 4.09. The fourth-order valence-electron chi connectivity index (χ4n) is 2.65. The second kappa shape index (κ2) is 6.43. The lowest BCUT2D eigenvalue weighted by atomic mass is 10.0. The van der Waals surface area contributed by atoms with Gasteiger partial charge in [-0.25, -0.2) is 4.79 Å². The number of benzene rings is 2. The molecule has 0 unspecified atom stereocenters. The molecule has 5 heteroatoms. The van der Waals surface area contributed by atoms with E-state index in [-0.39, 0.29) is 5.78 Å². The number of fused-ring (bicyclic) bond motifs is 1. The Bertz CT molecular complexity index is 887. The van der Waals surface area contributed by atoms with E-state index in [9.17, 15) is 9.59 Å². The zero-order valence-corrected chi connectivity index (χ0v) is 14.5. The Morgan fingerprint density at radius 3 is 2.32 bits per heavy atom. The highest BCUT2D eigenvalue weighted by atomic mass is 16.5. The molecular formula is C20H18O5. The van der Waals surface area contributed by atoms with E-state index in [0.717, 1.165) is 5.57 Å². The monoisotopic (exact) mass is 338 g/mol. The fourth-order valence-corrected chi connectivity index (χ4v) is 2.65. The van der Waals surface area contributed by atoms with Gasteiger partial charge in [-0.2, -0.15) is 0 Å². The summed E-state index contributed by atoms with van der Waals surface area (Å²) < 4.78 is 16.1. The Morgan fingerprint density at radius 2 is 1.72 bits per heavy atom. The van der Waals surface area contributed by atoms with Gasteiger partial charge in [0, 0.05) is 6.07 Å². The standard InChI is InChI=1S/C20H18O5/c1-11(2)19-18(21)17-12(3)9-15(10-16(17)25-19)24-20(22)13-5-7-14(23-4)8-6-13/h5-10H,1-4H3. The average Bonchev–Trinajstić information content (AvgIpc) is 2.92. The number of carbonyl (C=O) groups excluding carboxylic acids is 2. The molecule has 0 aromatic heterocycles. The SMILES string of the molecule is COc1ccc(C(=O)Oc2cc(C)c3c(c2)OC(=C(C)C)C3=O)cc1. The van der Waals surface area contributed by atoms with Crippen LogP contribution in [0.5, 0.6) is 17.2 Å². The minimum absolute atomic E-state index is 0.138. The highest BCUT2D eigenvalue weighted by Crippen LogP contribution is 2.38. The van der Waals surface area contributed by atoms with Gasteiger partial charge in [-0.3, -0.25) is 4.79 Å². The second-order valence-corrected chi connectivity index (χ2v) is 5.99. The van der Waals surface area contributed by atoms with Gasteiger partial charge < -0.3 is 14.2 Å². The van der Waals surface area contributed by atoms with Gasteiger partial charge in [-0.1, -0.05) is 0 Å². The van der Waals surface area contributed by atoms with Gasteiger partial charge in [0.05, 0.1) is 18.2 Å². The number of esters is 1. The lowest BCUT2D eigenvalue weighted by molar-refractivity contribution is 0.0734. The van der Waals surface area contributed by atoms with Gasteiger partial charge in [0.1, 0.15) is 17.2 Å². The van der Waals surface area contributed by atoms with Crippen molar-refractivity contribution in [3.63, 3.8) is 0 Å². The number of aryl methyl sites for hydroxylation is 1. The Hall–Kier alpha value is -3.08. The molecule has 2 aromatic rings. The molecule has 0 saturated carbocycles. The van der Waals surface area contributed by atoms with E-state index in [2.05, 4.69) is 0 Å². The predicted molar refractivity (Wildman–Crippen MR) is 92.5 cm³/mol. The van der Waals surface area contributed by atoms with Crippen LogP contribution < -0.4 is 14.2 Å². The number of carbonyl (C=O) groups is 2. The molecular weight excluding hydrogens is 320 g/mol. The third kappa shape index (κ3) is 3.13. The number of hydrogen-bond acceptors (Lipinski definition) is 5. The number of allylic oxidation sites excluding steroid dienone is 2. The van der Waals surface area contributed by atoms with Crippen LogP contribution in [0.3, 0.4) is 0 Å². The number of hydrogen-bond donors (Lipinski definition) is 0. The van der Waals surface area contributed by atoms with Crippen molar-refractivity contribution in [2.45, 2.75) is 20.8 Å². The average molecular weight is 338 g/mol. The summed E-state index contributed by atoms with van der Waals surface area (Å²) >= 11 is 0. The minimum Gasteiger partial charge on any atom is -0.497 e. The van der Waals surface area contributed by atoms with Crippen molar-refractivity contribution in [2.24, 2.45) is 0 Å². The van der Waals surface area contributed by atoms with Crippen LogP contribution >= 0.6 is 0 Å². The summed E-state index contributed by atoms with van der Waals surface area (Å²) in [6, 6.07) is 9.86. The Balaban J connectivity index is 1.87. The molecule has 0 atom stereocenters. The normalized spacial score (nSPS) is 12.5. The molecule has 0 bridgehead atoms. The first kappa shape index (κ1) is 16.8. The molecule has 0 amide bonds. The van der Waals surface area contributed by atoms with Crippen molar-refractivity contribution in [3.8, 4) is 17.2 Å². The van der Waals surface area contributed by atoms with Crippen LogP contribution in [-0.2, 0) is 0 Å². The van der Waals surface area contributed by atoms with Crippen LogP contribution in [-0.4, -0.2) is 18.9 Å². The van der Waals surface area contributed by atoms with E-state index in [1.165, 1.54) is 0 Å². The van der Waals surface area contributed by atoms with Gasteiger partial charge >= 0.3 is 5.97 Å². The Labute approximate surface area is 145 Å². The third-order valence-electron chi connectivity index (χ3n) is 3.91. The molecule has 0 radical (unpaired) electrons. The number of ether oxygens (including phenoxy) is 3. The van der Waals surface area contributed by atoms with E-state index in [1.54, 1.807) is 50.4 Å². The van der Waals surface area contributed by atoms with Crippen LogP contribution in [0.25, 0.3) is 0 Å². The molecule has 3 rings (SSSR count). The van der Waals surface area contributed by atoms with E-state index in [1.807, 2.05) is 13.8 Å². The molecule has 1 aliphatic rings. The van der Waals surface area contributed by atoms with Gasteiger partial charge in [0.15, 0.2) is 5.76 Å². The van der Waals surface area contributed by atoms with Crippen LogP contribution in [0.2, 0.25) is 0 Å². The summed E-state index contributed by atoms with van der Waals surface area (Å²) in [4.78, 5) is 24.7. The van der Waals surface area contributed by atoms with Crippen molar-refractivity contribution >= 4 is 11.8 Å². The smallest absolute Gasteiger partial charge is 0.343 e. The van der Waals surface area contributed by atoms with E-state index in [0.29, 0.717) is 39.7 Å². The maximum atomic E-state index is 12.4. The molecule has 0 spiro atoms. The largest absolute Gasteiger partial charge is 0.497 e. The van der Waals surface area contributed by atoms with Crippen LogP contribution in [0.1, 0.15) is 40.1 Å². The summed E-state index contributed by atoms with van der Waals surface area (Å²) in [6.07, 6.45) is 0. The van der Waals surface area contributed by atoms with Crippen LogP contribution in [0, 0.1) is 6.92 Å². The van der Waals surface area contributed by atoms with E-state index >= 15 is 0 Å². The first-order valence-corrected chi connectivity index (χ1v) is 7.81. The first-order valence-electron chi connectivity index (χ1n) is 7.81. The lowest BCUT2D eigenvalue weighted by Gasteiger charge is -2.08. The molecule has 0 fully saturated rings. The number of ketones is 1. The molecule has 25 heavy (non-hydrogen) atoms. The maximum absolute atomic E-state index is 12.4. The molecule has 5 nitrogen and oxygen atoms in total. The topological polar surface area (TPSA) is 61.8 Å².